The molecule has 0 atom stereocenters. The molecular formula is C16H15BrFNOS. The Morgan fingerprint density at radius 1 is 1.43 bits per heavy atom. The van der Waals surface area contributed by atoms with E-state index in [1.54, 1.807) is 35.4 Å². The minimum atomic E-state index is -0.348. The summed E-state index contributed by atoms with van der Waals surface area (Å²) < 4.78 is 14.4. The molecule has 1 aromatic heterocycles. The Bertz CT molecular complexity index is 681. The molecule has 0 radical (unpaired) electrons. The molecule has 5 heteroatoms. The van der Waals surface area contributed by atoms with Gasteiger partial charge in [0, 0.05) is 28.0 Å². The van der Waals surface area contributed by atoms with E-state index in [9.17, 15) is 9.18 Å². The van der Waals surface area contributed by atoms with Gasteiger partial charge in [-0.3, -0.25) is 4.79 Å². The summed E-state index contributed by atoms with van der Waals surface area (Å²) in [6.45, 7) is 2.59. The summed E-state index contributed by atoms with van der Waals surface area (Å²) in [5.74, 6) is -0.499. The van der Waals surface area contributed by atoms with Gasteiger partial charge >= 0.3 is 0 Å². The molecule has 0 aliphatic carbocycles. The maximum atomic E-state index is 13.6. The highest BCUT2D eigenvalue weighted by Gasteiger charge is 2.09. The zero-order valence-corrected chi connectivity index (χ0v) is 14.2. The predicted molar refractivity (Wildman–Crippen MR) is 88.7 cm³/mol. The number of likely N-dealkylation sites (N-methyl/N-ethyl adjacent to an activating group) is 1. The Balaban J connectivity index is 2.05. The van der Waals surface area contributed by atoms with Crippen LogP contribution in [0.5, 0.6) is 0 Å². The maximum Gasteiger partial charge on any atom is 0.246 e. The Morgan fingerprint density at radius 2 is 2.19 bits per heavy atom. The highest BCUT2D eigenvalue weighted by molar-refractivity contribution is 9.10. The normalized spacial score (nSPS) is 11.0. The quantitative estimate of drug-likeness (QED) is 0.721. The van der Waals surface area contributed by atoms with E-state index in [1.807, 2.05) is 18.4 Å². The van der Waals surface area contributed by atoms with Crippen molar-refractivity contribution in [2.75, 3.05) is 7.05 Å². The van der Waals surface area contributed by atoms with E-state index in [2.05, 4.69) is 15.9 Å². The summed E-state index contributed by atoms with van der Waals surface area (Å²) in [5, 5.41) is 2.01. The van der Waals surface area contributed by atoms with Crippen LogP contribution in [0.25, 0.3) is 6.08 Å². The number of hydrogen-bond acceptors (Lipinski definition) is 2. The fourth-order valence-electron chi connectivity index (χ4n) is 1.79. The molecule has 0 spiro atoms. The van der Waals surface area contributed by atoms with E-state index in [-0.39, 0.29) is 11.7 Å². The molecule has 1 amide bonds. The van der Waals surface area contributed by atoms with Crippen LogP contribution in [0.2, 0.25) is 0 Å². The van der Waals surface area contributed by atoms with Gasteiger partial charge in [-0.2, -0.15) is 0 Å². The van der Waals surface area contributed by atoms with Gasteiger partial charge in [-0.1, -0.05) is 15.9 Å². The van der Waals surface area contributed by atoms with Crippen LogP contribution in [0.1, 0.15) is 16.0 Å². The first-order valence-corrected chi connectivity index (χ1v) is 8.06. The number of carbonyl (C=O) groups is 1. The number of benzene rings is 1. The van der Waals surface area contributed by atoms with Crippen molar-refractivity contribution >= 4 is 39.2 Å². The van der Waals surface area contributed by atoms with Crippen LogP contribution in [0.4, 0.5) is 4.39 Å². The minimum absolute atomic E-state index is 0.151. The van der Waals surface area contributed by atoms with Crippen LogP contribution in [0.3, 0.4) is 0 Å². The Kier molecular flexibility index (Phi) is 5.31. The number of hydrogen-bond donors (Lipinski definition) is 0. The van der Waals surface area contributed by atoms with Crippen LogP contribution in [-0.2, 0) is 11.3 Å². The predicted octanol–water partition coefficient (Wildman–Crippen LogP) is 4.63. The summed E-state index contributed by atoms with van der Waals surface area (Å²) in [4.78, 5) is 14.8. The molecule has 0 saturated heterocycles. The Hall–Kier alpha value is -1.46. The van der Waals surface area contributed by atoms with E-state index in [4.69, 9.17) is 0 Å². The van der Waals surface area contributed by atoms with Crippen molar-refractivity contribution in [1.29, 1.82) is 0 Å². The Morgan fingerprint density at radius 3 is 2.86 bits per heavy atom. The van der Waals surface area contributed by atoms with Crippen LogP contribution in [0.15, 0.2) is 40.2 Å². The van der Waals surface area contributed by atoms with Gasteiger partial charge in [0.1, 0.15) is 5.82 Å². The molecule has 0 aliphatic rings. The van der Waals surface area contributed by atoms with Crippen molar-refractivity contribution in [2.45, 2.75) is 13.5 Å². The Labute approximate surface area is 136 Å². The molecule has 2 aromatic rings. The minimum Gasteiger partial charge on any atom is -0.337 e. The van der Waals surface area contributed by atoms with Gasteiger partial charge in [0.15, 0.2) is 0 Å². The van der Waals surface area contributed by atoms with Crippen LogP contribution < -0.4 is 0 Å². The van der Waals surface area contributed by atoms with E-state index >= 15 is 0 Å². The van der Waals surface area contributed by atoms with Gasteiger partial charge in [-0.25, -0.2) is 4.39 Å². The first-order valence-electron chi connectivity index (χ1n) is 6.38. The number of thiophene rings is 1. The van der Waals surface area contributed by atoms with E-state index in [0.717, 1.165) is 9.35 Å². The third-order valence-electron chi connectivity index (χ3n) is 3.09. The van der Waals surface area contributed by atoms with Gasteiger partial charge in [0.25, 0.3) is 0 Å². The van der Waals surface area contributed by atoms with Crippen molar-refractivity contribution < 1.29 is 9.18 Å². The first kappa shape index (κ1) is 15.9. The summed E-state index contributed by atoms with van der Waals surface area (Å²) in [7, 11) is 1.74. The van der Waals surface area contributed by atoms with Crippen molar-refractivity contribution in [3.63, 3.8) is 0 Å². The van der Waals surface area contributed by atoms with Gasteiger partial charge < -0.3 is 4.90 Å². The molecular weight excluding hydrogens is 353 g/mol. The lowest BCUT2D eigenvalue weighted by atomic mass is 10.2. The van der Waals surface area contributed by atoms with Crippen molar-refractivity contribution in [3.8, 4) is 0 Å². The lowest BCUT2D eigenvalue weighted by Gasteiger charge is -2.14. The van der Waals surface area contributed by atoms with Gasteiger partial charge in [0.2, 0.25) is 5.91 Å². The molecule has 2 rings (SSSR count). The second-order valence-corrected chi connectivity index (χ2v) is 6.64. The summed E-state index contributed by atoms with van der Waals surface area (Å²) in [6.07, 6.45) is 2.90. The number of carbonyl (C=O) groups excluding carboxylic acids is 1. The van der Waals surface area contributed by atoms with Crippen LogP contribution in [0, 0.1) is 12.7 Å². The molecule has 0 N–H and O–H groups in total. The molecule has 110 valence electrons. The third kappa shape index (κ3) is 4.25. The SMILES string of the molecule is Cc1ccsc1CN(C)C(=O)/C=C/c1cc(Br)ccc1F. The number of halogens is 2. The zero-order valence-electron chi connectivity index (χ0n) is 11.8. The van der Waals surface area contributed by atoms with E-state index in [1.165, 1.54) is 23.8 Å². The van der Waals surface area contributed by atoms with Crippen molar-refractivity contribution in [1.82, 2.24) is 4.90 Å². The molecule has 1 heterocycles. The topological polar surface area (TPSA) is 20.3 Å². The fourth-order valence-corrected chi connectivity index (χ4v) is 3.13. The van der Waals surface area contributed by atoms with Gasteiger partial charge in [-0.05, 0) is 48.2 Å². The molecule has 0 unspecified atom stereocenters. The smallest absolute Gasteiger partial charge is 0.246 e. The first-order chi connectivity index (χ1) is 9.97. The summed E-state index contributed by atoms with van der Waals surface area (Å²) >= 11 is 4.92. The largest absolute Gasteiger partial charge is 0.337 e. The molecule has 1 aromatic carbocycles. The number of aryl methyl sites for hydroxylation is 1. The molecule has 2 nitrogen and oxygen atoms in total. The highest BCUT2D eigenvalue weighted by Crippen LogP contribution is 2.18. The lowest BCUT2D eigenvalue weighted by molar-refractivity contribution is -0.125. The molecule has 21 heavy (non-hydrogen) atoms. The maximum absolute atomic E-state index is 13.6. The van der Waals surface area contributed by atoms with E-state index < -0.39 is 0 Å². The number of nitrogens with zero attached hydrogens (tertiary/aromatic N) is 1. The zero-order chi connectivity index (χ0) is 15.4. The average molecular weight is 368 g/mol. The third-order valence-corrected chi connectivity index (χ3v) is 4.59. The second-order valence-electron chi connectivity index (χ2n) is 4.72. The standard InChI is InChI=1S/C16H15BrFNOS/c1-11-7-8-21-15(11)10-19(2)16(20)6-3-12-9-13(17)4-5-14(12)18/h3-9H,10H2,1-2H3/b6-3+. The summed E-state index contributed by atoms with van der Waals surface area (Å²) in [5.41, 5.74) is 1.57. The second kappa shape index (κ2) is 7.00. The fraction of sp³-hybridized carbons (Fsp3) is 0.188. The van der Waals surface area contributed by atoms with Crippen molar-refractivity contribution in [2.24, 2.45) is 0 Å². The van der Waals surface area contributed by atoms with Gasteiger partial charge in [0.05, 0.1) is 6.54 Å². The van der Waals surface area contributed by atoms with E-state index in [0.29, 0.717) is 12.1 Å². The average Bonchev–Trinajstić information content (AvgIpc) is 2.85. The number of amides is 1. The molecule has 0 fully saturated rings. The van der Waals surface area contributed by atoms with Gasteiger partial charge in [-0.15, -0.1) is 11.3 Å². The molecule has 0 bridgehead atoms. The lowest BCUT2D eigenvalue weighted by Crippen LogP contribution is -2.23. The monoisotopic (exact) mass is 367 g/mol. The van der Waals surface area contributed by atoms with Crippen LogP contribution in [-0.4, -0.2) is 17.9 Å². The molecule has 0 aliphatic heterocycles. The van der Waals surface area contributed by atoms with Crippen molar-refractivity contribution in [3.05, 3.63) is 62.0 Å². The number of rotatable bonds is 4. The molecule has 0 saturated carbocycles. The van der Waals surface area contributed by atoms with Crippen LogP contribution >= 0.6 is 27.3 Å². The summed E-state index contributed by atoms with van der Waals surface area (Å²) in [6, 6.07) is 6.67. The highest BCUT2D eigenvalue weighted by atomic mass is 79.9.